The Kier molecular flexibility index (Phi) is 15.2. The van der Waals surface area contributed by atoms with E-state index in [1.54, 1.807) is 27.7 Å². The molecule has 8 nitrogen and oxygen atoms in total. The maximum atomic E-state index is 14.8. The molecule has 7 rings (SSSR count). The van der Waals surface area contributed by atoms with E-state index in [2.05, 4.69) is 16.9 Å². The fraction of sp³-hybridized carbons (Fsp3) is 0.282. The molecular formula is C39H33B2Cl5F8N2O6. The smallest absolute Gasteiger partial charge is 0.423 e. The molecule has 23 heteroatoms. The van der Waals surface area contributed by atoms with Gasteiger partial charge in [-0.05, 0) is 116 Å². The zero-order chi connectivity index (χ0) is 45.8. The summed E-state index contributed by atoms with van der Waals surface area (Å²) in [6, 6.07) is 12.1. The zero-order valence-corrected chi connectivity index (χ0v) is 35.5. The van der Waals surface area contributed by atoms with Crippen molar-refractivity contribution in [1.82, 2.24) is 0 Å². The highest BCUT2D eigenvalue weighted by atomic mass is 35.5. The van der Waals surface area contributed by atoms with E-state index in [1.807, 2.05) is 0 Å². The quantitative estimate of drug-likeness (QED) is 0.0617. The molecule has 0 spiro atoms. The number of alkyl halides is 6. The molecule has 0 radical (unpaired) electrons. The summed E-state index contributed by atoms with van der Waals surface area (Å²) in [4.78, 5) is 4.91. The molecule has 3 heterocycles. The standard InChI is InChI=1S/C19H14BCl2F4NO3.C10H10BClFNO3.C9H5Cl2F3.CH4/c1-17(2)13-6-12(15(23)7-14(13)20(28)29-17)16-8-18(30-27-16,19(24,25)26)9-3-10(21)5-11(22)4-9;1-10(2)6-3-5(9(12)14-16)8(13)4-7(6)11(15)17-10;1-5(9(12,13)14)6-2-7(10)4-8(11)3-6;/h3-7,28H,8H2,1-2H3;3-4,15-16H,1-2H3;2-4H,1H2;1H4. The highest BCUT2D eigenvalue weighted by Gasteiger charge is 2.62. The molecule has 0 saturated carbocycles. The molecule has 3 N–H and O–H groups in total. The largest absolute Gasteiger partial charge is 0.492 e. The van der Waals surface area contributed by atoms with Gasteiger partial charge in [-0.15, -0.1) is 0 Å². The lowest BCUT2D eigenvalue weighted by molar-refractivity contribution is -0.275. The van der Waals surface area contributed by atoms with Crippen LogP contribution in [0.1, 0.15) is 74.9 Å². The Hall–Kier alpha value is -3.58. The Morgan fingerprint density at radius 2 is 1.19 bits per heavy atom. The van der Waals surface area contributed by atoms with Gasteiger partial charge in [0, 0.05) is 31.2 Å². The van der Waals surface area contributed by atoms with Gasteiger partial charge in [-0.2, -0.15) is 26.3 Å². The average molecular weight is 977 g/mol. The Bertz CT molecular complexity index is 2420. The maximum Gasteiger partial charge on any atom is 0.492 e. The van der Waals surface area contributed by atoms with Crippen LogP contribution in [-0.2, 0) is 30.9 Å². The lowest BCUT2D eigenvalue weighted by Gasteiger charge is -2.29. The van der Waals surface area contributed by atoms with Crippen molar-refractivity contribution in [3.05, 3.63) is 132 Å². The van der Waals surface area contributed by atoms with Crippen LogP contribution in [0.15, 0.2) is 77.6 Å². The fourth-order valence-corrected chi connectivity index (χ4v) is 7.80. The van der Waals surface area contributed by atoms with Crippen molar-refractivity contribution in [3.63, 3.8) is 0 Å². The van der Waals surface area contributed by atoms with E-state index in [0.29, 0.717) is 16.6 Å². The van der Waals surface area contributed by atoms with Crippen LogP contribution in [0.4, 0.5) is 35.1 Å². The number of allylic oxidation sites excluding steroid dienone is 1. The summed E-state index contributed by atoms with van der Waals surface area (Å²) in [5.41, 5.74) is -4.78. The van der Waals surface area contributed by atoms with Crippen LogP contribution in [0, 0.1) is 11.6 Å². The number of hydrogen-bond acceptors (Lipinski definition) is 8. The number of fused-ring (bicyclic) bond motifs is 2. The second kappa shape index (κ2) is 18.5. The van der Waals surface area contributed by atoms with Gasteiger partial charge in [0.1, 0.15) is 11.6 Å². The van der Waals surface area contributed by atoms with Crippen LogP contribution in [0.2, 0.25) is 20.1 Å². The molecular weight excluding hydrogens is 943 g/mol. The van der Waals surface area contributed by atoms with Gasteiger partial charge in [0.25, 0.3) is 5.60 Å². The summed E-state index contributed by atoms with van der Waals surface area (Å²) in [6.45, 7) is 9.74. The molecule has 62 heavy (non-hydrogen) atoms. The van der Waals surface area contributed by atoms with E-state index >= 15 is 0 Å². The summed E-state index contributed by atoms with van der Waals surface area (Å²) < 4.78 is 118. The van der Waals surface area contributed by atoms with E-state index in [-0.39, 0.29) is 66.1 Å². The number of oxime groups is 2. The topological polar surface area (TPSA) is 113 Å². The second-order valence-electron chi connectivity index (χ2n) is 14.6. The minimum atomic E-state index is -4.89. The lowest BCUT2D eigenvalue weighted by Crippen LogP contribution is -2.42. The monoisotopic (exact) mass is 974 g/mol. The van der Waals surface area contributed by atoms with Crippen LogP contribution in [0.25, 0.3) is 5.57 Å². The molecule has 0 fully saturated rings. The maximum absolute atomic E-state index is 14.8. The van der Waals surface area contributed by atoms with Gasteiger partial charge < -0.3 is 29.4 Å². The fourth-order valence-electron chi connectivity index (χ4n) is 6.60. The number of benzene rings is 4. The van der Waals surface area contributed by atoms with Gasteiger partial charge in [0.15, 0.2) is 5.17 Å². The number of rotatable bonds is 4. The Labute approximate surface area is 375 Å². The van der Waals surface area contributed by atoms with Gasteiger partial charge in [0.2, 0.25) is 0 Å². The first-order valence-electron chi connectivity index (χ1n) is 17.3. The summed E-state index contributed by atoms with van der Waals surface area (Å²) >= 11 is 28.5. The number of halogens is 13. The minimum absolute atomic E-state index is 0. The molecule has 4 aromatic carbocycles. The van der Waals surface area contributed by atoms with E-state index in [0.717, 1.165) is 24.3 Å². The second-order valence-corrected chi connectivity index (χ2v) is 16.7. The predicted octanol–water partition coefficient (Wildman–Crippen LogP) is 11.0. The highest BCUT2D eigenvalue weighted by molar-refractivity contribution is 6.69. The molecule has 1 unspecified atom stereocenters. The molecule has 0 aromatic heterocycles. The number of nitrogens with zero attached hydrogens (tertiary/aromatic N) is 2. The first kappa shape index (κ1) is 51.1. The average Bonchev–Trinajstić information content (AvgIpc) is 3.75. The van der Waals surface area contributed by atoms with Gasteiger partial charge in [-0.3, -0.25) is 0 Å². The van der Waals surface area contributed by atoms with Crippen molar-refractivity contribution in [2.75, 3.05) is 0 Å². The van der Waals surface area contributed by atoms with Crippen molar-refractivity contribution < 1.29 is 64.5 Å². The summed E-state index contributed by atoms with van der Waals surface area (Å²) in [5, 5.41) is 34.4. The van der Waals surface area contributed by atoms with Gasteiger partial charge in [-0.25, -0.2) is 8.78 Å². The molecule has 3 aliphatic heterocycles. The van der Waals surface area contributed by atoms with Gasteiger partial charge in [0.05, 0.1) is 34.5 Å². The lowest BCUT2D eigenvalue weighted by atomic mass is 9.77. The van der Waals surface area contributed by atoms with Gasteiger partial charge >= 0.3 is 26.6 Å². The molecule has 332 valence electrons. The van der Waals surface area contributed by atoms with Crippen molar-refractivity contribution in [2.24, 2.45) is 10.3 Å². The van der Waals surface area contributed by atoms with E-state index in [4.69, 9.17) is 77.4 Å². The van der Waals surface area contributed by atoms with Crippen LogP contribution in [0.5, 0.6) is 0 Å². The third-order valence-electron chi connectivity index (χ3n) is 9.61. The Morgan fingerprint density at radius 3 is 1.65 bits per heavy atom. The van der Waals surface area contributed by atoms with Crippen LogP contribution >= 0.6 is 58.0 Å². The highest BCUT2D eigenvalue weighted by Crippen LogP contribution is 2.50. The molecule has 3 aliphatic rings. The minimum Gasteiger partial charge on any atom is -0.423 e. The van der Waals surface area contributed by atoms with Crippen LogP contribution < -0.4 is 10.9 Å². The third kappa shape index (κ3) is 10.5. The number of hydrogen-bond donors (Lipinski definition) is 3. The third-order valence-corrected chi connectivity index (χ3v) is 10.8. The van der Waals surface area contributed by atoms with Crippen molar-refractivity contribution in [3.8, 4) is 0 Å². The predicted molar refractivity (Wildman–Crippen MR) is 225 cm³/mol. The first-order valence-corrected chi connectivity index (χ1v) is 19.2. The molecule has 0 saturated heterocycles. The van der Waals surface area contributed by atoms with Crippen LogP contribution in [-0.4, -0.2) is 52.7 Å². The molecule has 1 atom stereocenters. The zero-order valence-electron chi connectivity index (χ0n) is 31.7. The first-order chi connectivity index (χ1) is 28.0. The van der Waals surface area contributed by atoms with Crippen molar-refractivity contribution >= 4 is 99.6 Å². The normalized spacial score (nSPS) is 18.6. The summed E-state index contributed by atoms with van der Waals surface area (Å²) in [5.74, 6) is -1.52. The van der Waals surface area contributed by atoms with E-state index in [1.165, 1.54) is 36.4 Å². The van der Waals surface area contributed by atoms with E-state index in [9.17, 15) is 45.2 Å². The van der Waals surface area contributed by atoms with Crippen molar-refractivity contribution in [2.45, 2.75) is 70.7 Å². The summed E-state index contributed by atoms with van der Waals surface area (Å²) in [7, 11) is -2.49. The van der Waals surface area contributed by atoms with Crippen molar-refractivity contribution in [1.29, 1.82) is 0 Å². The molecule has 0 bridgehead atoms. The molecule has 0 aliphatic carbocycles. The van der Waals surface area contributed by atoms with Crippen LogP contribution in [0.3, 0.4) is 0 Å². The Balaban J connectivity index is 0.000000224. The van der Waals surface area contributed by atoms with E-state index < -0.39 is 67.0 Å². The van der Waals surface area contributed by atoms with Gasteiger partial charge in [-0.1, -0.05) is 82.3 Å². The Morgan fingerprint density at radius 1 is 0.742 bits per heavy atom. The molecule has 0 amide bonds. The summed E-state index contributed by atoms with van der Waals surface area (Å²) in [6.07, 6.45) is -10.1. The SMILES string of the molecule is C.C=C(c1cc(Cl)cc(Cl)c1)C(F)(F)F.CC1(C)OB(O)c2cc(F)c(C(Cl)=NO)cc21.CC1(C)OB(O)c2cc(F)c(C3=NOC(c4cc(Cl)cc(Cl)c4)(C(F)(F)F)C3)cc21. The molecule has 4 aromatic rings.